The van der Waals surface area contributed by atoms with Crippen molar-refractivity contribution in [2.75, 3.05) is 4.90 Å². The van der Waals surface area contributed by atoms with Crippen molar-refractivity contribution in [3.05, 3.63) is 199 Å². The van der Waals surface area contributed by atoms with Gasteiger partial charge in [0, 0.05) is 22.2 Å². The largest absolute Gasteiger partial charge is 0.310 e. The molecule has 0 unspecified atom stereocenters. The molecule has 0 aliphatic heterocycles. The highest BCUT2D eigenvalue weighted by molar-refractivity contribution is 6.00. The zero-order valence-corrected chi connectivity index (χ0v) is 28.3. The lowest BCUT2D eigenvalue weighted by atomic mass is 9.82. The van der Waals surface area contributed by atoms with Crippen LogP contribution in [0.2, 0.25) is 0 Å². The third kappa shape index (κ3) is 5.02. The number of anilines is 3. The van der Waals surface area contributed by atoms with E-state index < -0.39 is 0 Å². The van der Waals surface area contributed by atoms with Gasteiger partial charge in [0.1, 0.15) is 0 Å². The Balaban J connectivity index is 1.26. The monoisotopic (exact) mass is 639 g/mol. The molecule has 0 N–H and O–H groups in total. The normalized spacial score (nSPS) is 12.8. The van der Waals surface area contributed by atoms with Crippen LogP contribution in [0.4, 0.5) is 17.1 Å². The van der Waals surface area contributed by atoms with Crippen molar-refractivity contribution in [3.8, 4) is 44.5 Å². The van der Waals surface area contributed by atoms with Gasteiger partial charge >= 0.3 is 0 Å². The number of fused-ring (bicyclic) bond motifs is 4. The lowest BCUT2D eigenvalue weighted by molar-refractivity contribution is 0.660. The van der Waals surface area contributed by atoms with Crippen molar-refractivity contribution in [1.82, 2.24) is 0 Å². The Morgan fingerprint density at radius 3 is 1.68 bits per heavy atom. The number of hydrogen-bond donors (Lipinski definition) is 0. The summed E-state index contributed by atoms with van der Waals surface area (Å²) in [6.07, 6.45) is 0. The fourth-order valence-electron chi connectivity index (χ4n) is 7.91. The first-order valence-electron chi connectivity index (χ1n) is 17.4. The molecule has 0 saturated carbocycles. The van der Waals surface area contributed by atoms with Crippen LogP contribution < -0.4 is 4.90 Å². The molecule has 1 aliphatic carbocycles. The highest BCUT2D eigenvalue weighted by atomic mass is 15.1. The lowest BCUT2D eigenvalue weighted by Crippen LogP contribution is -2.16. The maximum absolute atomic E-state index is 2.46. The van der Waals surface area contributed by atoms with E-state index in [1.807, 2.05) is 0 Å². The molecule has 0 spiro atoms. The van der Waals surface area contributed by atoms with Gasteiger partial charge in [-0.1, -0.05) is 172 Å². The van der Waals surface area contributed by atoms with Gasteiger partial charge in [-0.25, -0.2) is 0 Å². The van der Waals surface area contributed by atoms with E-state index >= 15 is 0 Å². The van der Waals surface area contributed by atoms with Crippen molar-refractivity contribution in [2.24, 2.45) is 0 Å². The van der Waals surface area contributed by atoms with Gasteiger partial charge in [0.2, 0.25) is 0 Å². The Hall–Kier alpha value is -6.18. The Kier molecular flexibility index (Phi) is 7.21. The molecule has 0 aromatic heterocycles. The van der Waals surface area contributed by atoms with Crippen LogP contribution in [0.1, 0.15) is 25.0 Å². The summed E-state index contributed by atoms with van der Waals surface area (Å²) in [4.78, 5) is 2.46. The molecule has 1 aliphatic rings. The molecular weight excluding hydrogens is 603 g/mol. The van der Waals surface area contributed by atoms with Crippen LogP contribution >= 0.6 is 0 Å². The summed E-state index contributed by atoms with van der Waals surface area (Å²) in [7, 11) is 0. The number of rotatable bonds is 6. The van der Waals surface area contributed by atoms with E-state index in [0.717, 1.165) is 17.1 Å². The van der Waals surface area contributed by atoms with E-state index in [0.29, 0.717) is 0 Å². The Morgan fingerprint density at radius 2 is 0.900 bits per heavy atom. The van der Waals surface area contributed by atoms with E-state index in [1.54, 1.807) is 0 Å². The van der Waals surface area contributed by atoms with E-state index in [4.69, 9.17) is 0 Å². The van der Waals surface area contributed by atoms with E-state index in [-0.39, 0.29) is 5.41 Å². The summed E-state index contributed by atoms with van der Waals surface area (Å²) in [5, 5.41) is 2.44. The molecule has 238 valence electrons. The van der Waals surface area contributed by atoms with Gasteiger partial charge in [-0.15, -0.1) is 0 Å². The fraction of sp³-hybridized carbons (Fsp3) is 0.0612. The molecule has 0 atom stereocenters. The zero-order chi connectivity index (χ0) is 33.7. The van der Waals surface area contributed by atoms with Crippen molar-refractivity contribution >= 4 is 27.8 Å². The standard InChI is InChI=1S/C49H37N/c1-49(2)46-22-12-11-21-43(46)44-31-29-40(33-47(44)49)50(48-23-13-19-37-18-9-10-20-42(37)48)39-28-30-41(36-16-7-4-8-17-36)45(32-39)38-26-24-35(25-27-38)34-14-5-3-6-15-34/h3-33H,1-2H3. The lowest BCUT2D eigenvalue weighted by Gasteiger charge is -2.30. The van der Waals surface area contributed by atoms with E-state index in [2.05, 4.69) is 207 Å². The van der Waals surface area contributed by atoms with Gasteiger partial charge in [0.15, 0.2) is 0 Å². The van der Waals surface area contributed by atoms with Gasteiger partial charge in [-0.05, 0) is 91.4 Å². The first-order chi connectivity index (χ1) is 24.6. The van der Waals surface area contributed by atoms with Crippen molar-refractivity contribution in [1.29, 1.82) is 0 Å². The summed E-state index contributed by atoms with van der Waals surface area (Å²) in [6, 6.07) is 68.7. The molecule has 0 bridgehead atoms. The minimum atomic E-state index is -0.102. The Morgan fingerprint density at radius 1 is 0.360 bits per heavy atom. The van der Waals surface area contributed by atoms with Gasteiger partial charge in [-0.2, -0.15) is 0 Å². The van der Waals surface area contributed by atoms with Gasteiger partial charge < -0.3 is 4.90 Å². The molecule has 0 heterocycles. The van der Waals surface area contributed by atoms with Crippen LogP contribution in [0.15, 0.2) is 188 Å². The maximum Gasteiger partial charge on any atom is 0.0540 e. The van der Waals surface area contributed by atoms with Gasteiger partial charge in [0.05, 0.1) is 5.69 Å². The topological polar surface area (TPSA) is 3.24 Å². The molecule has 8 aromatic rings. The molecular formula is C49H37N. The second-order valence-electron chi connectivity index (χ2n) is 13.8. The summed E-state index contributed by atoms with van der Waals surface area (Å²) in [5.41, 5.74) is 16.0. The second kappa shape index (κ2) is 12.1. The molecule has 9 rings (SSSR count). The minimum Gasteiger partial charge on any atom is -0.310 e. The first-order valence-corrected chi connectivity index (χ1v) is 17.4. The quantitative estimate of drug-likeness (QED) is 0.175. The number of benzene rings is 8. The summed E-state index contributed by atoms with van der Waals surface area (Å²) in [6.45, 7) is 4.71. The third-order valence-electron chi connectivity index (χ3n) is 10.5. The average molecular weight is 640 g/mol. The summed E-state index contributed by atoms with van der Waals surface area (Å²) < 4.78 is 0. The smallest absolute Gasteiger partial charge is 0.0540 e. The highest BCUT2D eigenvalue weighted by Gasteiger charge is 2.35. The average Bonchev–Trinajstić information content (AvgIpc) is 3.41. The fourth-order valence-corrected chi connectivity index (χ4v) is 7.91. The molecule has 1 nitrogen and oxygen atoms in total. The molecule has 8 aromatic carbocycles. The first kappa shape index (κ1) is 29.9. The van der Waals surface area contributed by atoms with Crippen LogP contribution in [0, 0.1) is 0 Å². The van der Waals surface area contributed by atoms with Crippen LogP contribution in [0.25, 0.3) is 55.3 Å². The van der Waals surface area contributed by atoms with E-state index in [1.165, 1.54) is 66.4 Å². The number of hydrogen-bond acceptors (Lipinski definition) is 1. The van der Waals surface area contributed by atoms with Crippen LogP contribution in [0.5, 0.6) is 0 Å². The van der Waals surface area contributed by atoms with E-state index in [9.17, 15) is 0 Å². The van der Waals surface area contributed by atoms with Gasteiger partial charge in [0.25, 0.3) is 0 Å². The van der Waals surface area contributed by atoms with Crippen LogP contribution in [0.3, 0.4) is 0 Å². The highest BCUT2D eigenvalue weighted by Crippen LogP contribution is 2.51. The Bertz CT molecular complexity index is 2490. The van der Waals surface area contributed by atoms with Crippen molar-refractivity contribution < 1.29 is 0 Å². The van der Waals surface area contributed by atoms with Crippen molar-refractivity contribution in [3.63, 3.8) is 0 Å². The van der Waals surface area contributed by atoms with Crippen molar-refractivity contribution in [2.45, 2.75) is 19.3 Å². The molecule has 50 heavy (non-hydrogen) atoms. The SMILES string of the molecule is CC1(C)c2ccccc2-c2ccc(N(c3ccc(-c4ccccc4)c(-c4ccc(-c5ccccc5)cc4)c3)c3cccc4ccccc34)cc21. The third-order valence-corrected chi connectivity index (χ3v) is 10.5. The molecule has 1 heteroatoms. The zero-order valence-electron chi connectivity index (χ0n) is 28.3. The minimum absolute atomic E-state index is 0.102. The predicted octanol–water partition coefficient (Wildman–Crippen LogP) is 13.6. The summed E-state index contributed by atoms with van der Waals surface area (Å²) >= 11 is 0. The maximum atomic E-state index is 2.46. The predicted molar refractivity (Wildman–Crippen MR) is 213 cm³/mol. The second-order valence-corrected chi connectivity index (χ2v) is 13.8. The molecule has 0 fully saturated rings. The molecule has 0 saturated heterocycles. The number of nitrogens with zero attached hydrogens (tertiary/aromatic N) is 1. The Labute approximate surface area is 294 Å². The van der Waals surface area contributed by atoms with Gasteiger partial charge in [-0.3, -0.25) is 0 Å². The molecule has 0 amide bonds. The van der Waals surface area contributed by atoms with Crippen LogP contribution in [-0.2, 0) is 5.41 Å². The van der Waals surface area contributed by atoms with Crippen LogP contribution in [-0.4, -0.2) is 0 Å². The molecule has 0 radical (unpaired) electrons. The summed E-state index contributed by atoms with van der Waals surface area (Å²) in [5.74, 6) is 0.